The van der Waals surface area contributed by atoms with Crippen LogP contribution in [-0.2, 0) is 0 Å². The molecule has 3 rings (SSSR count). The molecule has 0 fully saturated rings. The molecule has 0 bridgehead atoms. The van der Waals surface area contributed by atoms with Gasteiger partial charge in [-0.05, 0) is 36.1 Å². The topological polar surface area (TPSA) is 20.2 Å². The van der Waals surface area contributed by atoms with Gasteiger partial charge in [0.1, 0.15) is 11.6 Å². The molecule has 0 unspecified atom stereocenters. The van der Waals surface area contributed by atoms with Crippen molar-refractivity contribution in [2.24, 2.45) is 0 Å². The Morgan fingerprint density at radius 1 is 0.870 bits per heavy atom. The summed E-state index contributed by atoms with van der Waals surface area (Å²) >= 11 is 8.00. The Kier molecular flexibility index (Phi) is 4.60. The zero-order valence-corrected chi connectivity index (χ0v) is 14.0. The van der Waals surface area contributed by atoms with Gasteiger partial charge in [-0.3, -0.25) is 0 Å². The van der Waals surface area contributed by atoms with Crippen molar-refractivity contribution in [1.82, 2.24) is 0 Å². The second kappa shape index (κ2) is 6.65. The molecule has 0 aliphatic carbocycles. The number of rotatable bonds is 3. The first-order valence-electron chi connectivity index (χ1n) is 7.02. The van der Waals surface area contributed by atoms with Crippen LogP contribution in [0.15, 0.2) is 65.6 Å². The highest BCUT2D eigenvalue weighted by Crippen LogP contribution is 2.39. The number of thioether (sulfide) groups is 1. The van der Waals surface area contributed by atoms with Gasteiger partial charge < -0.3 is 5.11 Å². The predicted octanol–water partition coefficient (Wildman–Crippen LogP) is 6.24. The summed E-state index contributed by atoms with van der Waals surface area (Å²) in [6.45, 7) is 0. The number of halogens is 2. The van der Waals surface area contributed by atoms with Crippen molar-refractivity contribution in [1.29, 1.82) is 0 Å². The standard InChI is InChI=1S/C19H14ClFOS/c1-23-19-9-5-3-7-13(19)14-11-17(21)15(10-16(14)20)12-6-2-4-8-18(12)22/h2-11,22H,1H3. The predicted molar refractivity (Wildman–Crippen MR) is 95.7 cm³/mol. The Morgan fingerprint density at radius 3 is 2.22 bits per heavy atom. The molecule has 0 atom stereocenters. The van der Waals surface area contributed by atoms with Crippen LogP contribution in [0.5, 0.6) is 5.75 Å². The number of aromatic hydroxyl groups is 1. The average molecular weight is 345 g/mol. The minimum absolute atomic E-state index is 0.0275. The minimum Gasteiger partial charge on any atom is -0.507 e. The molecular weight excluding hydrogens is 331 g/mol. The van der Waals surface area contributed by atoms with Gasteiger partial charge in [0.25, 0.3) is 0 Å². The fourth-order valence-electron chi connectivity index (χ4n) is 2.53. The number of para-hydroxylation sites is 1. The van der Waals surface area contributed by atoms with Crippen LogP contribution in [0.25, 0.3) is 22.3 Å². The molecule has 1 N–H and O–H groups in total. The van der Waals surface area contributed by atoms with Gasteiger partial charge in [0, 0.05) is 26.6 Å². The lowest BCUT2D eigenvalue weighted by Crippen LogP contribution is -1.90. The van der Waals surface area contributed by atoms with E-state index in [1.54, 1.807) is 36.0 Å². The summed E-state index contributed by atoms with van der Waals surface area (Å²) < 4.78 is 14.6. The van der Waals surface area contributed by atoms with Gasteiger partial charge in [0.2, 0.25) is 0 Å². The van der Waals surface area contributed by atoms with Gasteiger partial charge in [-0.25, -0.2) is 4.39 Å². The highest BCUT2D eigenvalue weighted by Gasteiger charge is 2.15. The SMILES string of the molecule is CSc1ccccc1-c1cc(F)c(-c2ccccc2O)cc1Cl. The molecule has 0 saturated carbocycles. The van der Waals surface area contributed by atoms with Crippen molar-refractivity contribution in [3.63, 3.8) is 0 Å². The number of phenols is 1. The second-order valence-corrected chi connectivity index (χ2v) is 6.28. The lowest BCUT2D eigenvalue weighted by atomic mass is 9.99. The summed E-state index contributed by atoms with van der Waals surface area (Å²) in [4.78, 5) is 1.03. The van der Waals surface area contributed by atoms with Crippen LogP contribution in [-0.4, -0.2) is 11.4 Å². The van der Waals surface area contributed by atoms with Crippen molar-refractivity contribution in [2.75, 3.05) is 6.26 Å². The monoisotopic (exact) mass is 344 g/mol. The van der Waals surface area contributed by atoms with Crippen molar-refractivity contribution in [3.8, 4) is 28.0 Å². The first-order chi connectivity index (χ1) is 11.1. The third-order valence-corrected chi connectivity index (χ3v) is 4.76. The lowest BCUT2D eigenvalue weighted by molar-refractivity contribution is 0.476. The largest absolute Gasteiger partial charge is 0.507 e. The maximum absolute atomic E-state index is 14.6. The van der Waals surface area contributed by atoms with E-state index in [1.165, 1.54) is 12.1 Å². The van der Waals surface area contributed by atoms with E-state index in [0.29, 0.717) is 21.7 Å². The third-order valence-electron chi connectivity index (χ3n) is 3.65. The average Bonchev–Trinajstić information content (AvgIpc) is 2.57. The molecule has 0 aromatic heterocycles. The molecule has 3 aromatic carbocycles. The molecule has 23 heavy (non-hydrogen) atoms. The molecule has 1 nitrogen and oxygen atoms in total. The van der Waals surface area contributed by atoms with Crippen LogP contribution in [0.4, 0.5) is 4.39 Å². The van der Waals surface area contributed by atoms with E-state index >= 15 is 0 Å². The van der Waals surface area contributed by atoms with Crippen molar-refractivity contribution >= 4 is 23.4 Å². The van der Waals surface area contributed by atoms with Gasteiger partial charge >= 0.3 is 0 Å². The van der Waals surface area contributed by atoms with Crippen LogP contribution in [0.1, 0.15) is 0 Å². The molecular formula is C19H14ClFOS. The Labute approximate surface area is 143 Å². The van der Waals surface area contributed by atoms with E-state index in [4.69, 9.17) is 11.6 Å². The number of phenolic OH excluding ortho intramolecular Hbond substituents is 1. The summed E-state index contributed by atoms with van der Waals surface area (Å²) in [6.07, 6.45) is 1.97. The zero-order valence-electron chi connectivity index (χ0n) is 12.4. The van der Waals surface area contributed by atoms with E-state index in [9.17, 15) is 9.50 Å². The molecule has 0 radical (unpaired) electrons. The van der Waals surface area contributed by atoms with Gasteiger partial charge in [0.15, 0.2) is 0 Å². The molecule has 0 saturated heterocycles. The van der Waals surface area contributed by atoms with Crippen molar-refractivity contribution < 1.29 is 9.50 Å². The maximum atomic E-state index is 14.6. The summed E-state index contributed by atoms with van der Waals surface area (Å²) in [6, 6.07) is 17.4. The number of hydrogen-bond acceptors (Lipinski definition) is 2. The van der Waals surface area contributed by atoms with Crippen molar-refractivity contribution in [3.05, 3.63) is 71.5 Å². The van der Waals surface area contributed by atoms with E-state index in [-0.39, 0.29) is 5.75 Å². The van der Waals surface area contributed by atoms with Gasteiger partial charge in [0.05, 0.1) is 0 Å². The summed E-state index contributed by atoms with van der Waals surface area (Å²) in [5.74, 6) is -0.387. The Morgan fingerprint density at radius 2 is 1.52 bits per heavy atom. The van der Waals surface area contributed by atoms with Crippen LogP contribution >= 0.6 is 23.4 Å². The van der Waals surface area contributed by atoms with Crippen LogP contribution in [0.2, 0.25) is 5.02 Å². The highest BCUT2D eigenvalue weighted by atomic mass is 35.5. The second-order valence-electron chi connectivity index (χ2n) is 5.03. The van der Waals surface area contributed by atoms with E-state index in [1.807, 2.05) is 30.5 Å². The molecule has 3 aromatic rings. The highest BCUT2D eigenvalue weighted by molar-refractivity contribution is 7.98. The normalized spacial score (nSPS) is 10.7. The van der Waals surface area contributed by atoms with Crippen LogP contribution < -0.4 is 0 Å². The van der Waals surface area contributed by atoms with Crippen LogP contribution in [0.3, 0.4) is 0 Å². The molecule has 116 valence electrons. The maximum Gasteiger partial charge on any atom is 0.131 e. The van der Waals surface area contributed by atoms with Gasteiger partial charge in [-0.15, -0.1) is 11.8 Å². The van der Waals surface area contributed by atoms with Gasteiger partial charge in [-0.2, -0.15) is 0 Å². The molecule has 0 heterocycles. The fraction of sp³-hybridized carbons (Fsp3) is 0.0526. The van der Waals surface area contributed by atoms with E-state index in [2.05, 4.69) is 0 Å². The Bertz CT molecular complexity index is 864. The lowest BCUT2D eigenvalue weighted by Gasteiger charge is -2.13. The quantitative estimate of drug-likeness (QED) is 0.567. The fourth-order valence-corrected chi connectivity index (χ4v) is 3.41. The minimum atomic E-state index is -0.415. The summed E-state index contributed by atoms with van der Waals surface area (Å²) in [5, 5.41) is 10.4. The van der Waals surface area contributed by atoms with Crippen molar-refractivity contribution in [2.45, 2.75) is 4.90 Å². The Balaban J connectivity index is 2.17. The third kappa shape index (κ3) is 3.07. The molecule has 0 spiro atoms. The van der Waals surface area contributed by atoms with Crippen LogP contribution in [0, 0.1) is 5.82 Å². The molecule has 0 aliphatic heterocycles. The molecule has 0 amide bonds. The molecule has 4 heteroatoms. The first kappa shape index (κ1) is 15.9. The van der Waals surface area contributed by atoms with Gasteiger partial charge in [-0.1, -0.05) is 48.0 Å². The summed E-state index contributed by atoms with van der Waals surface area (Å²) in [5.41, 5.74) is 2.26. The zero-order chi connectivity index (χ0) is 16.4. The van der Waals surface area contributed by atoms with E-state index < -0.39 is 5.82 Å². The number of hydrogen-bond donors (Lipinski definition) is 1. The summed E-state index contributed by atoms with van der Waals surface area (Å²) in [7, 11) is 0. The molecule has 0 aliphatic rings. The van der Waals surface area contributed by atoms with E-state index in [0.717, 1.165) is 10.5 Å². The smallest absolute Gasteiger partial charge is 0.131 e. The number of benzene rings is 3. The Hall–Kier alpha value is -1.97. The first-order valence-corrected chi connectivity index (χ1v) is 8.63.